The number of hydrazone groups is 1. The lowest BCUT2D eigenvalue weighted by Crippen LogP contribution is -2.16. The number of nitrogens with zero attached hydrogens (tertiary/aromatic N) is 1. The fourth-order valence-corrected chi connectivity index (χ4v) is 2.18. The van der Waals surface area contributed by atoms with E-state index in [0.717, 1.165) is 6.42 Å². The summed E-state index contributed by atoms with van der Waals surface area (Å²) in [5.41, 5.74) is 2.91. The molecule has 0 saturated heterocycles. The maximum Gasteiger partial charge on any atom is 0.281 e. The van der Waals surface area contributed by atoms with Crippen molar-refractivity contribution in [1.29, 1.82) is 0 Å². The summed E-state index contributed by atoms with van der Waals surface area (Å²) in [6, 6.07) is 8.47. The Labute approximate surface area is 126 Å². The number of hydrogen-bond acceptors (Lipinski definition) is 5. The van der Waals surface area contributed by atoms with E-state index in [9.17, 15) is 9.90 Å². The number of nitrogens with one attached hydrogen (secondary N) is 1. The molecule has 1 aromatic heterocycles. The van der Waals surface area contributed by atoms with Gasteiger partial charge in [-0.3, -0.25) is 4.79 Å². The summed E-state index contributed by atoms with van der Waals surface area (Å²) in [6.07, 6.45) is 2.29. The molecule has 0 bridgehead atoms. The Hall–Kier alpha value is -2.34. The fourth-order valence-electron chi connectivity index (χ4n) is 1.57. The molecule has 0 atom stereocenters. The lowest BCUT2D eigenvalue weighted by molar-refractivity contribution is 0.0959. The van der Waals surface area contributed by atoms with Crippen molar-refractivity contribution in [2.45, 2.75) is 13.3 Å². The van der Waals surface area contributed by atoms with Gasteiger partial charge in [0.15, 0.2) is 0 Å². The Kier molecular flexibility index (Phi) is 5.34. The highest BCUT2D eigenvalue weighted by molar-refractivity contribution is 7.12. The number of amides is 1. The minimum Gasteiger partial charge on any atom is -0.507 e. The van der Waals surface area contributed by atoms with Crippen molar-refractivity contribution in [3.63, 3.8) is 0 Å². The van der Waals surface area contributed by atoms with E-state index in [1.54, 1.807) is 24.3 Å². The first-order valence-corrected chi connectivity index (χ1v) is 7.41. The molecule has 2 rings (SSSR count). The van der Waals surface area contributed by atoms with Gasteiger partial charge in [0.25, 0.3) is 5.91 Å². The van der Waals surface area contributed by atoms with E-state index < -0.39 is 0 Å². The van der Waals surface area contributed by atoms with E-state index in [4.69, 9.17) is 4.74 Å². The standard InChI is InChI=1S/C15H16N2O3S/c1-2-7-20-12-6-5-11(13(18)9-12)10-16-17-15(19)14-4-3-8-21-14/h3-6,8-10,18H,2,7H2,1H3,(H,17,19)/b16-10+. The van der Waals surface area contributed by atoms with Gasteiger partial charge in [0.1, 0.15) is 11.5 Å². The largest absolute Gasteiger partial charge is 0.507 e. The number of benzene rings is 1. The minimum absolute atomic E-state index is 0.0534. The van der Waals surface area contributed by atoms with Gasteiger partial charge in [-0.2, -0.15) is 5.10 Å². The molecular weight excluding hydrogens is 288 g/mol. The SMILES string of the molecule is CCCOc1ccc(/C=N/NC(=O)c2cccs2)c(O)c1. The van der Waals surface area contributed by atoms with E-state index in [2.05, 4.69) is 10.5 Å². The molecule has 0 unspecified atom stereocenters. The van der Waals surface area contributed by atoms with Gasteiger partial charge in [0, 0.05) is 11.6 Å². The lowest BCUT2D eigenvalue weighted by atomic mass is 10.2. The topological polar surface area (TPSA) is 70.9 Å². The summed E-state index contributed by atoms with van der Waals surface area (Å²) in [7, 11) is 0. The van der Waals surface area contributed by atoms with Gasteiger partial charge in [-0.15, -0.1) is 11.3 Å². The van der Waals surface area contributed by atoms with E-state index in [1.807, 2.05) is 12.3 Å². The monoisotopic (exact) mass is 304 g/mol. The van der Waals surface area contributed by atoms with Crippen molar-refractivity contribution in [2.24, 2.45) is 5.10 Å². The summed E-state index contributed by atoms with van der Waals surface area (Å²) >= 11 is 1.34. The van der Waals surface area contributed by atoms with Gasteiger partial charge in [-0.1, -0.05) is 13.0 Å². The van der Waals surface area contributed by atoms with Crippen molar-refractivity contribution in [2.75, 3.05) is 6.61 Å². The third-order valence-electron chi connectivity index (χ3n) is 2.59. The number of carbonyl (C=O) groups excluding carboxylic acids is 1. The van der Waals surface area contributed by atoms with Crippen LogP contribution in [0.2, 0.25) is 0 Å². The highest BCUT2D eigenvalue weighted by Gasteiger charge is 2.05. The number of carbonyl (C=O) groups is 1. The van der Waals surface area contributed by atoms with Crippen molar-refractivity contribution in [1.82, 2.24) is 5.43 Å². The molecule has 0 aliphatic heterocycles. The van der Waals surface area contributed by atoms with E-state index >= 15 is 0 Å². The molecule has 0 fully saturated rings. The average molecular weight is 304 g/mol. The second-order valence-electron chi connectivity index (χ2n) is 4.25. The molecule has 1 aromatic carbocycles. The van der Waals surface area contributed by atoms with E-state index in [-0.39, 0.29) is 11.7 Å². The van der Waals surface area contributed by atoms with Crippen LogP contribution in [0.5, 0.6) is 11.5 Å². The quantitative estimate of drug-likeness (QED) is 0.636. The molecule has 2 N–H and O–H groups in total. The van der Waals surface area contributed by atoms with Gasteiger partial charge in [0.2, 0.25) is 0 Å². The Morgan fingerprint density at radius 3 is 3.00 bits per heavy atom. The summed E-state index contributed by atoms with van der Waals surface area (Å²) in [6.45, 7) is 2.61. The van der Waals surface area contributed by atoms with E-state index in [0.29, 0.717) is 22.8 Å². The normalized spacial score (nSPS) is 10.7. The predicted octanol–water partition coefficient (Wildman–Crippen LogP) is 3.01. The van der Waals surface area contributed by atoms with Crippen LogP contribution in [-0.2, 0) is 0 Å². The Bertz CT molecular complexity index is 624. The van der Waals surface area contributed by atoms with Crippen molar-refractivity contribution < 1.29 is 14.6 Å². The number of hydrogen-bond donors (Lipinski definition) is 2. The van der Waals surface area contributed by atoms with Crippen molar-refractivity contribution >= 4 is 23.5 Å². The Balaban J connectivity index is 1.96. The van der Waals surface area contributed by atoms with E-state index in [1.165, 1.54) is 23.6 Å². The first-order valence-electron chi connectivity index (χ1n) is 6.53. The van der Waals surface area contributed by atoms with Crippen LogP contribution < -0.4 is 10.2 Å². The fraction of sp³-hybridized carbons (Fsp3) is 0.200. The molecule has 1 amide bonds. The smallest absolute Gasteiger partial charge is 0.281 e. The van der Waals surface area contributed by atoms with Gasteiger partial charge in [-0.25, -0.2) is 5.43 Å². The van der Waals surface area contributed by atoms with Crippen LogP contribution in [0.25, 0.3) is 0 Å². The maximum absolute atomic E-state index is 11.7. The molecule has 0 spiro atoms. The first kappa shape index (κ1) is 15.1. The Morgan fingerprint density at radius 1 is 1.48 bits per heavy atom. The van der Waals surface area contributed by atoms with Crippen LogP contribution in [-0.4, -0.2) is 23.8 Å². The number of rotatable bonds is 6. The summed E-state index contributed by atoms with van der Waals surface area (Å²) in [5, 5.41) is 15.5. The zero-order valence-electron chi connectivity index (χ0n) is 11.6. The van der Waals surface area contributed by atoms with Gasteiger partial charge >= 0.3 is 0 Å². The van der Waals surface area contributed by atoms with Gasteiger partial charge in [0.05, 0.1) is 17.7 Å². The van der Waals surface area contributed by atoms with Crippen LogP contribution >= 0.6 is 11.3 Å². The third kappa shape index (κ3) is 4.32. The first-order chi connectivity index (χ1) is 10.2. The number of thiophene rings is 1. The highest BCUT2D eigenvalue weighted by atomic mass is 32.1. The number of aromatic hydroxyl groups is 1. The molecule has 0 aliphatic rings. The van der Waals surface area contributed by atoms with Crippen LogP contribution in [0.15, 0.2) is 40.8 Å². The number of phenols is 1. The van der Waals surface area contributed by atoms with Gasteiger partial charge in [-0.05, 0) is 30.0 Å². The molecule has 0 aliphatic carbocycles. The van der Waals surface area contributed by atoms with Crippen LogP contribution in [0, 0.1) is 0 Å². The van der Waals surface area contributed by atoms with Crippen molar-refractivity contribution in [3.05, 3.63) is 46.2 Å². The average Bonchev–Trinajstić information content (AvgIpc) is 3.01. The summed E-state index contributed by atoms with van der Waals surface area (Å²) < 4.78 is 5.41. The summed E-state index contributed by atoms with van der Waals surface area (Å²) in [4.78, 5) is 12.2. The second kappa shape index (κ2) is 7.44. The zero-order chi connectivity index (χ0) is 15.1. The minimum atomic E-state index is -0.274. The van der Waals surface area contributed by atoms with Crippen LogP contribution in [0.3, 0.4) is 0 Å². The molecule has 2 aromatic rings. The molecule has 0 saturated carbocycles. The number of ether oxygens (including phenoxy) is 1. The number of phenolic OH excluding ortho intramolecular Hbond substituents is 1. The second-order valence-corrected chi connectivity index (χ2v) is 5.19. The Morgan fingerprint density at radius 2 is 2.33 bits per heavy atom. The zero-order valence-corrected chi connectivity index (χ0v) is 12.4. The van der Waals surface area contributed by atoms with Crippen LogP contribution in [0.4, 0.5) is 0 Å². The lowest BCUT2D eigenvalue weighted by Gasteiger charge is -2.06. The third-order valence-corrected chi connectivity index (χ3v) is 3.46. The van der Waals surface area contributed by atoms with Crippen LogP contribution in [0.1, 0.15) is 28.6 Å². The van der Waals surface area contributed by atoms with Crippen molar-refractivity contribution in [3.8, 4) is 11.5 Å². The highest BCUT2D eigenvalue weighted by Crippen LogP contribution is 2.22. The molecule has 6 heteroatoms. The molecule has 5 nitrogen and oxygen atoms in total. The molecule has 0 radical (unpaired) electrons. The molecule has 1 heterocycles. The molecule has 110 valence electrons. The maximum atomic E-state index is 11.7. The molecule has 21 heavy (non-hydrogen) atoms. The van der Waals surface area contributed by atoms with Gasteiger partial charge < -0.3 is 9.84 Å². The molecular formula is C15H16N2O3S. The summed E-state index contributed by atoms with van der Waals surface area (Å²) in [5.74, 6) is 0.385. The predicted molar refractivity (Wildman–Crippen MR) is 83.3 cm³/mol.